The average Bonchev–Trinajstić information content (AvgIpc) is 3.41. The number of hydrogen-bond acceptors (Lipinski definition) is 0. The Morgan fingerprint density at radius 1 is 0.625 bits per heavy atom. The minimum atomic E-state index is -0.132. The topological polar surface area (TPSA) is 0 Å². The normalized spacial score (nSPS) is 25.4. The maximum atomic E-state index is 2.67. The van der Waals surface area contributed by atoms with Gasteiger partial charge >= 0.3 is 0 Å². The van der Waals surface area contributed by atoms with Crippen LogP contribution in [0.25, 0.3) is 32.7 Å². The molecule has 0 bridgehead atoms. The summed E-state index contributed by atoms with van der Waals surface area (Å²) in [5.41, 5.74) is 17.2. The molecule has 0 nitrogen and oxygen atoms in total. The van der Waals surface area contributed by atoms with Gasteiger partial charge in [0.25, 0.3) is 0 Å². The van der Waals surface area contributed by atoms with Crippen molar-refractivity contribution in [3.8, 4) is 11.1 Å². The van der Waals surface area contributed by atoms with Crippen LogP contribution in [0.2, 0.25) is 0 Å². The molecule has 5 aliphatic carbocycles. The number of benzene rings is 5. The first-order valence-corrected chi connectivity index (χ1v) is 19.2. The maximum absolute atomic E-state index is 2.67. The highest BCUT2D eigenvalue weighted by Gasteiger charge is 2.59. The smallest absolute Gasteiger partial charge is 0.0506 e. The summed E-state index contributed by atoms with van der Waals surface area (Å²) in [5.74, 6) is 2.08. The lowest BCUT2D eigenvalue weighted by molar-refractivity contribution is 0.205. The van der Waals surface area contributed by atoms with Crippen molar-refractivity contribution in [2.75, 3.05) is 0 Å². The molecule has 0 aliphatic heterocycles. The third kappa shape index (κ3) is 3.78. The minimum Gasteiger partial charge on any atom is -0.0681 e. The second-order valence-corrected chi connectivity index (χ2v) is 16.2. The molecule has 2 saturated carbocycles. The Morgan fingerprint density at radius 3 is 2.17 bits per heavy atom. The Morgan fingerprint density at radius 2 is 1.38 bits per heavy atom. The fourth-order valence-corrected chi connectivity index (χ4v) is 12.2. The van der Waals surface area contributed by atoms with Gasteiger partial charge in [0, 0.05) is 11.8 Å². The molecule has 0 heterocycles. The third-order valence-corrected chi connectivity index (χ3v) is 13.7. The molecule has 0 aromatic heterocycles. The van der Waals surface area contributed by atoms with Crippen LogP contribution in [0.4, 0.5) is 0 Å². The molecule has 0 radical (unpaired) electrons. The lowest BCUT2D eigenvalue weighted by atomic mass is 9.50. The van der Waals surface area contributed by atoms with E-state index in [9.17, 15) is 0 Å². The Bertz CT molecular complexity index is 2180. The highest BCUT2D eigenvalue weighted by molar-refractivity contribution is 6.13. The van der Waals surface area contributed by atoms with Gasteiger partial charge in [-0.15, -0.1) is 0 Å². The second-order valence-electron chi connectivity index (χ2n) is 16.2. The summed E-state index contributed by atoms with van der Waals surface area (Å²) in [4.78, 5) is 0. The van der Waals surface area contributed by atoms with E-state index >= 15 is 0 Å². The largest absolute Gasteiger partial charge is 0.0681 e. The van der Waals surface area contributed by atoms with Gasteiger partial charge in [-0.1, -0.05) is 135 Å². The molecule has 1 spiro atoms. The summed E-state index contributed by atoms with van der Waals surface area (Å²) in [6, 6.07) is 33.6. The molecule has 5 aromatic rings. The molecule has 2 fully saturated rings. The molecule has 3 atom stereocenters. The summed E-state index contributed by atoms with van der Waals surface area (Å²) in [7, 11) is 0. The van der Waals surface area contributed by atoms with Crippen LogP contribution in [-0.2, 0) is 5.41 Å². The van der Waals surface area contributed by atoms with Crippen LogP contribution in [0.5, 0.6) is 0 Å². The standard InChI is InChI=1S/C48H48/c1-29-15-13-23-36-38(29)28-39-41(32-16-7-4-8-17-32)37-24-14-22-33-25-26-40-44(42(33)37)43(39)47(36)48(40)45(34-18-9-5-10-19-34)30(2)27-31(3)46(48)35-20-11-6-12-21-35/h4,7-8,13-17,22-28,34-35,41,45H,5-6,9-12,18-21H2,1-3H3. The van der Waals surface area contributed by atoms with Gasteiger partial charge < -0.3 is 0 Å². The van der Waals surface area contributed by atoms with Crippen LogP contribution in [0.15, 0.2) is 108 Å². The van der Waals surface area contributed by atoms with E-state index in [-0.39, 0.29) is 11.3 Å². The Kier molecular flexibility index (Phi) is 6.54. The van der Waals surface area contributed by atoms with Gasteiger partial charge in [0.15, 0.2) is 0 Å². The molecular weight excluding hydrogens is 577 g/mol. The lowest BCUT2D eigenvalue weighted by Crippen LogP contribution is -2.46. The number of aryl methyl sites for hydroxylation is 1. The van der Waals surface area contributed by atoms with Crippen LogP contribution in [0.1, 0.15) is 117 Å². The second kappa shape index (κ2) is 10.8. The van der Waals surface area contributed by atoms with E-state index in [1.54, 1.807) is 39.0 Å². The van der Waals surface area contributed by atoms with Gasteiger partial charge in [-0.2, -0.15) is 0 Å². The molecular formula is C48H48. The van der Waals surface area contributed by atoms with Crippen molar-refractivity contribution < 1.29 is 0 Å². The van der Waals surface area contributed by atoms with Gasteiger partial charge in [-0.25, -0.2) is 0 Å². The fourth-order valence-electron chi connectivity index (χ4n) is 12.2. The fraction of sp³-hybridized carbons (Fsp3) is 0.375. The molecule has 0 saturated heterocycles. The van der Waals surface area contributed by atoms with E-state index in [2.05, 4.69) is 112 Å². The molecule has 48 heavy (non-hydrogen) atoms. The molecule has 240 valence electrons. The Balaban J connectivity index is 1.43. The van der Waals surface area contributed by atoms with Gasteiger partial charge in [-0.05, 0) is 136 Å². The van der Waals surface area contributed by atoms with E-state index in [1.165, 1.54) is 108 Å². The minimum absolute atomic E-state index is 0.132. The first-order chi connectivity index (χ1) is 23.6. The quantitative estimate of drug-likeness (QED) is 0.184. The number of hydrogen-bond donors (Lipinski definition) is 0. The van der Waals surface area contributed by atoms with E-state index in [0.29, 0.717) is 17.8 Å². The summed E-state index contributed by atoms with van der Waals surface area (Å²) in [6.45, 7) is 7.38. The molecule has 0 heteroatoms. The summed E-state index contributed by atoms with van der Waals surface area (Å²) < 4.78 is 0. The highest BCUT2D eigenvalue weighted by atomic mass is 14.6. The van der Waals surface area contributed by atoms with Crippen LogP contribution >= 0.6 is 0 Å². The van der Waals surface area contributed by atoms with Crippen LogP contribution in [0.3, 0.4) is 0 Å². The van der Waals surface area contributed by atoms with Crippen LogP contribution in [-0.4, -0.2) is 0 Å². The van der Waals surface area contributed by atoms with E-state index in [1.807, 2.05) is 0 Å². The predicted octanol–water partition coefficient (Wildman–Crippen LogP) is 13.1. The van der Waals surface area contributed by atoms with Crippen molar-refractivity contribution in [3.05, 3.63) is 141 Å². The third-order valence-electron chi connectivity index (χ3n) is 13.7. The van der Waals surface area contributed by atoms with E-state index in [4.69, 9.17) is 0 Å². The zero-order valence-corrected chi connectivity index (χ0v) is 29.0. The zero-order chi connectivity index (χ0) is 32.1. The van der Waals surface area contributed by atoms with Crippen LogP contribution < -0.4 is 0 Å². The zero-order valence-electron chi connectivity index (χ0n) is 29.0. The van der Waals surface area contributed by atoms with Crippen molar-refractivity contribution in [1.82, 2.24) is 0 Å². The predicted molar refractivity (Wildman–Crippen MR) is 203 cm³/mol. The number of fused-ring (bicyclic) bond motifs is 4. The van der Waals surface area contributed by atoms with Gasteiger partial charge in [0.2, 0.25) is 0 Å². The highest BCUT2D eigenvalue weighted by Crippen LogP contribution is 2.70. The summed E-state index contributed by atoms with van der Waals surface area (Å²) in [5, 5.41) is 5.91. The molecule has 0 N–H and O–H groups in total. The first-order valence-electron chi connectivity index (χ1n) is 19.2. The molecule has 0 amide bonds. The molecule has 10 rings (SSSR count). The SMILES string of the molecule is CC1=CC(C)=C(C2CCCCC2)C2(c3ccc4cccc5c4c3-c3c(cc4c(C)cccc4c32)C5c2ccccc2)C1C1CCCCC1. The average molecular weight is 625 g/mol. The van der Waals surface area contributed by atoms with Crippen molar-refractivity contribution in [1.29, 1.82) is 0 Å². The Labute approximate surface area is 287 Å². The number of allylic oxidation sites excluding steroid dienone is 4. The number of rotatable bonds is 3. The van der Waals surface area contributed by atoms with Gasteiger partial charge in [-0.3, -0.25) is 0 Å². The lowest BCUT2D eigenvalue weighted by Gasteiger charge is -2.52. The van der Waals surface area contributed by atoms with E-state index < -0.39 is 0 Å². The first kappa shape index (κ1) is 29.1. The molecule has 3 unspecified atom stereocenters. The van der Waals surface area contributed by atoms with Crippen molar-refractivity contribution in [2.24, 2.45) is 17.8 Å². The molecule has 5 aliphatic rings. The monoisotopic (exact) mass is 624 g/mol. The van der Waals surface area contributed by atoms with Crippen LogP contribution in [0, 0.1) is 24.7 Å². The molecule has 5 aromatic carbocycles. The van der Waals surface area contributed by atoms with Crippen molar-refractivity contribution in [3.63, 3.8) is 0 Å². The van der Waals surface area contributed by atoms with Crippen molar-refractivity contribution >= 4 is 21.5 Å². The van der Waals surface area contributed by atoms with Gasteiger partial charge in [0.1, 0.15) is 0 Å². The van der Waals surface area contributed by atoms with Gasteiger partial charge in [0.05, 0.1) is 5.41 Å². The maximum Gasteiger partial charge on any atom is 0.0506 e. The summed E-state index contributed by atoms with van der Waals surface area (Å²) >= 11 is 0. The van der Waals surface area contributed by atoms with E-state index in [0.717, 1.165) is 0 Å². The summed E-state index contributed by atoms with van der Waals surface area (Å²) in [6.07, 6.45) is 16.4. The Hall–Kier alpha value is -3.90. The van der Waals surface area contributed by atoms with Crippen molar-refractivity contribution in [2.45, 2.75) is 96.3 Å².